The van der Waals surface area contributed by atoms with Crippen LogP contribution in [-0.4, -0.2) is 31.5 Å². The van der Waals surface area contributed by atoms with Crippen molar-refractivity contribution in [1.82, 2.24) is 19.5 Å². The molecular weight excluding hydrogens is 416 g/mol. The molecule has 2 saturated carbocycles. The number of aromatic nitrogens is 4. The number of amides is 1. The number of nitrogens with zero attached hydrogens (tertiary/aromatic N) is 4. The maximum Gasteiger partial charge on any atom is 0.224 e. The van der Waals surface area contributed by atoms with E-state index in [4.69, 9.17) is 10.7 Å². The molecule has 2 heterocycles. The Kier molecular flexibility index (Phi) is 5.36. The summed E-state index contributed by atoms with van der Waals surface area (Å²) >= 11 is 0. The highest BCUT2D eigenvalue weighted by molar-refractivity contribution is 5.78. The van der Waals surface area contributed by atoms with Gasteiger partial charge in [-0.2, -0.15) is 4.98 Å². The summed E-state index contributed by atoms with van der Waals surface area (Å²) in [6, 6.07) is 4.01. The number of benzene rings is 1. The first-order valence-electron chi connectivity index (χ1n) is 11.0. The maximum atomic E-state index is 14.3. The lowest BCUT2D eigenvalue weighted by molar-refractivity contribution is -0.122. The van der Waals surface area contributed by atoms with Crippen molar-refractivity contribution in [3.8, 4) is 0 Å². The molecule has 0 aliphatic heterocycles. The molecule has 2 aromatic heterocycles. The highest BCUT2D eigenvalue weighted by Crippen LogP contribution is 2.37. The van der Waals surface area contributed by atoms with Gasteiger partial charge in [-0.1, -0.05) is 6.07 Å². The molecule has 8 nitrogen and oxygen atoms in total. The first kappa shape index (κ1) is 20.6. The van der Waals surface area contributed by atoms with Crippen molar-refractivity contribution >= 4 is 34.7 Å². The van der Waals surface area contributed by atoms with Crippen molar-refractivity contribution in [2.24, 2.45) is 11.7 Å². The molecule has 0 atom stereocenters. The van der Waals surface area contributed by atoms with Gasteiger partial charge < -0.3 is 16.4 Å². The normalized spacial score (nSPS) is 21.3. The minimum absolute atomic E-state index is 0.0422. The number of primary amides is 1. The molecular formula is C22H25F2N7O. The van der Waals surface area contributed by atoms with Crippen LogP contribution in [0.3, 0.4) is 0 Å². The molecule has 0 spiro atoms. The lowest BCUT2D eigenvalue weighted by atomic mass is 9.85. The number of hydrogen-bond acceptors (Lipinski definition) is 6. The largest absolute Gasteiger partial charge is 0.369 e. The molecule has 0 saturated heterocycles. The van der Waals surface area contributed by atoms with E-state index < -0.39 is 11.6 Å². The number of fused-ring (bicyclic) bond motifs is 1. The minimum atomic E-state index is -0.709. The Balaban J connectivity index is 1.54. The fourth-order valence-electron chi connectivity index (χ4n) is 4.48. The van der Waals surface area contributed by atoms with Gasteiger partial charge in [-0.05, 0) is 57.1 Å². The standard InChI is InChI=1S/C22H25F2N7O/c23-15-5-2-6-16(24)18(15)29-22-28-17-11-26-21(27-13-3-1-4-13)30-20(17)31(22)14-9-7-12(8-10-14)19(25)32/h2,5-6,11-14H,1,3-4,7-10H2,(H2,25,32)(H,28,29)(H,26,27,30). The topological polar surface area (TPSA) is 111 Å². The number of carbonyl (C=O) groups is 1. The van der Waals surface area contributed by atoms with E-state index in [1.807, 2.05) is 4.57 Å². The second-order valence-electron chi connectivity index (χ2n) is 8.61. The molecule has 2 aliphatic rings. The zero-order valence-electron chi connectivity index (χ0n) is 17.5. The van der Waals surface area contributed by atoms with Gasteiger partial charge in [0.1, 0.15) is 22.8 Å². The number of para-hydroxylation sites is 1. The van der Waals surface area contributed by atoms with Gasteiger partial charge >= 0.3 is 0 Å². The average Bonchev–Trinajstić information content (AvgIpc) is 3.11. The Hall–Kier alpha value is -3.30. The van der Waals surface area contributed by atoms with Gasteiger partial charge in [-0.3, -0.25) is 9.36 Å². The second-order valence-corrected chi connectivity index (χ2v) is 8.61. The second kappa shape index (κ2) is 8.33. The number of anilines is 3. The highest BCUT2D eigenvalue weighted by Gasteiger charge is 2.30. The summed E-state index contributed by atoms with van der Waals surface area (Å²) in [5.41, 5.74) is 6.34. The molecule has 168 valence electrons. The number of halogens is 2. The van der Waals surface area contributed by atoms with Crippen LogP contribution in [0.15, 0.2) is 24.4 Å². The van der Waals surface area contributed by atoms with Gasteiger partial charge in [0.15, 0.2) is 5.65 Å². The maximum absolute atomic E-state index is 14.3. The van der Waals surface area contributed by atoms with Crippen LogP contribution in [0.5, 0.6) is 0 Å². The summed E-state index contributed by atoms with van der Waals surface area (Å²) in [5, 5.41) is 6.17. The van der Waals surface area contributed by atoms with E-state index in [2.05, 4.69) is 20.6 Å². The van der Waals surface area contributed by atoms with Crippen LogP contribution in [0.1, 0.15) is 51.0 Å². The summed E-state index contributed by atoms with van der Waals surface area (Å²) in [6.45, 7) is 0. The van der Waals surface area contributed by atoms with E-state index in [-0.39, 0.29) is 23.6 Å². The fraction of sp³-hybridized carbons (Fsp3) is 0.455. The zero-order chi connectivity index (χ0) is 22.2. The predicted molar refractivity (Wildman–Crippen MR) is 116 cm³/mol. The number of carbonyl (C=O) groups excluding carboxylic acids is 1. The van der Waals surface area contributed by atoms with Crippen LogP contribution in [0, 0.1) is 17.6 Å². The SMILES string of the molecule is NC(=O)C1CCC(n2c(Nc3c(F)cccc3F)nc3cnc(NC4CCC4)nc32)CC1. The summed E-state index contributed by atoms with van der Waals surface area (Å²) in [6.07, 6.45) is 7.62. The van der Waals surface area contributed by atoms with E-state index in [0.717, 1.165) is 12.8 Å². The number of hydrogen-bond donors (Lipinski definition) is 3. The quantitative estimate of drug-likeness (QED) is 0.533. The average molecular weight is 441 g/mol. The molecule has 4 N–H and O–H groups in total. The van der Waals surface area contributed by atoms with E-state index in [1.165, 1.54) is 24.6 Å². The zero-order valence-corrected chi connectivity index (χ0v) is 17.5. The lowest BCUT2D eigenvalue weighted by Crippen LogP contribution is -2.29. The van der Waals surface area contributed by atoms with Crippen molar-refractivity contribution in [1.29, 1.82) is 0 Å². The smallest absolute Gasteiger partial charge is 0.224 e. The Morgan fingerprint density at radius 3 is 2.41 bits per heavy atom. The van der Waals surface area contributed by atoms with Crippen LogP contribution in [0.25, 0.3) is 11.2 Å². The summed E-state index contributed by atoms with van der Waals surface area (Å²) in [4.78, 5) is 25.2. The Morgan fingerprint density at radius 2 is 1.78 bits per heavy atom. The van der Waals surface area contributed by atoms with Crippen LogP contribution < -0.4 is 16.4 Å². The third-order valence-corrected chi connectivity index (χ3v) is 6.53. The molecule has 5 rings (SSSR count). The molecule has 32 heavy (non-hydrogen) atoms. The molecule has 2 fully saturated rings. The minimum Gasteiger partial charge on any atom is -0.369 e. The molecule has 0 radical (unpaired) electrons. The van der Waals surface area contributed by atoms with Crippen molar-refractivity contribution < 1.29 is 13.6 Å². The van der Waals surface area contributed by atoms with E-state index >= 15 is 0 Å². The molecule has 0 unspecified atom stereocenters. The summed E-state index contributed by atoms with van der Waals surface area (Å²) in [5.74, 6) is -1.06. The van der Waals surface area contributed by atoms with Crippen LogP contribution in [-0.2, 0) is 4.79 Å². The number of imidazole rings is 1. The molecule has 10 heteroatoms. The van der Waals surface area contributed by atoms with Gasteiger partial charge in [0.25, 0.3) is 0 Å². The predicted octanol–water partition coefficient (Wildman–Crippen LogP) is 4.03. The monoisotopic (exact) mass is 441 g/mol. The van der Waals surface area contributed by atoms with E-state index in [9.17, 15) is 13.6 Å². The summed E-state index contributed by atoms with van der Waals surface area (Å²) < 4.78 is 30.5. The van der Waals surface area contributed by atoms with Crippen molar-refractivity contribution in [2.75, 3.05) is 10.6 Å². The number of rotatable bonds is 6. The van der Waals surface area contributed by atoms with Crippen molar-refractivity contribution in [2.45, 2.75) is 57.0 Å². The number of nitrogens with one attached hydrogen (secondary N) is 2. The fourth-order valence-corrected chi connectivity index (χ4v) is 4.48. The van der Waals surface area contributed by atoms with Gasteiger partial charge in [-0.15, -0.1) is 0 Å². The molecule has 1 amide bonds. The van der Waals surface area contributed by atoms with Gasteiger partial charge in [0.05, 0.1) is 6.20 Å². The summed E-state index contributed by atoms with van der Waals surface area (Å²) in [7, 11) is 0. The highest BCUT2D eigenvalue weighted by atomic mass is 19.1. The molecule has 0 bridgehead atoms. The van der Waals surface area contributed by atoms with Crippen LogP contribution in [0.2, 0.25) is 0 Å². The van der Waals surface area contributed by atoms with Crippen LogP contribution >= 0.6 is 0 Å². The van der Waals surface area contributed by atoms with E-state index in [1.54, 1.807) is 6.20 Å². The van der Waals surface area contributed by atoms with Crippen LogP contribution in [0.4, 0.5) is 26.4 Å². The number of nitrogens with two attached hydrogens (primary N) is 1. The van der Waals surface area contributed by atoms with Gasteiger partial charge in [0, 0.05) is 18.0 Å². The van der Waals surface area contributed by atoms with Gasteiger partial charge in [-0.25, -0.2) is 18.7 Å². The van der Waals surface area contributed by atoms with Crippen molar-refractivity contribution in [3.63, 3.8) is 0 Å². The Morgan fingerprint density at radius 1 is 1.06 bits per heavy atom. The third kappa shape index (κ3) is 3.85. The third-order valence-electron chi connectivity index (χ3n) is 6.53. The first-order chi connectivity index (χ1) is 15.5. The molecule has 3 aromatic rings. The molecule has 1 aromatic carbocycles. The van der Waals surface area contributed by atoms with Gasteiger partial charge in [0.2, 0.25) is 17.8 Å². The van der Waals surface area contributed by atoms with Crippen molar-refractivity contribution in [3.05, 3.63) is 36.0 Å². The first-order valence-corrected chi connectivity index (χ1v) is 11.0. The Labute approximate surface area is 183 Å². The Bertz CT molecular complexity index is 1130. The van der Waals surface area contributed by atoms with E-state index in [0.29, 0.717) is 54.8 Å². The molecule has 2 aliphatic carbocycles. The lowest BCUT2D eigenvalue weighted by Gasteiger charge is -2.29.